The van der Waals surface area contributed by atoms with Crippen molar-refractivity contribution in [2.24, 2.45) is 0 Å². The Balaban J connectivity index is 0.000000287. The van der Waals surface area contributed by atoms with Gasteiger partial charge in [0.15, 0.2) is 23.2 Å². The lowest BCUT2D eigenvalue weighted by atomic mass is 9.96. The van der Waals surface area contributed by atoms with Gasteiger partial charge in [0.1, 0.15) is 42.5 Å². The smallest absolute Gasteiger partial charge is 0.188 e. The molecule has 0 aliphatic heterocycles. The predicted octanol–water partition coefficient (Wildman–Crippen LogP) is 9.72. The monoisotopic (exact) mass is 1130 g/mol. The highest BCUT2D eigenvalue weighted by atomic mass is 127. The van der Waals surface area contributed by atoms with Gasteiger partial charge in [-0.3, -0.25) is 9.59 Å². The van der Waals surface area contributed by atoms with Crippen molar-refractivity contribution < 1.29 is 46.5 Å². The summed E-state index contributed by atoms with van der Waals surface area (Å²) in [4.78, 5) is 25.1. The first-order chi connectivity index (χ1) is 27.4. The van der Waals surface area contributed by atoms with Crippen molar-refractivity contribution in [3.63, 3.8) is 0 Å². The van der Waals surface area contributed by atoms with E-state index in [1.54, 1.807) is 24.3 Å². The number of ether oxygens (including phenoxy) is 3. The van der Waals surface area contributed by atoms with Crippen LogP contribution < -0.4 is 0 Å². The maximum absolute atomic E-state index is 15.1. The molecule has 0 amide bonds. The van der Waals surface area contributed by atoms with Crippen LogP contribution >= 0.6 is 104 Å². The quantitative estimate of drug-likeness (QED) is 0.0250. The molecule has 0 saturated carbocycles. The molecular formula is C37H31Cl3F4I2N4O6S2. The van der Waals surface area contributed by atoms with E-state index in [2.05, 4.69) is 25.8 Å². The molecule has 6 rings (SSSR count). The van der Waals surface area contributed by atoms with Crippen molar-refractivity contribution in [2.45, 2.75) is 12.8 Å². The first kappa shape index (κ1) is 49.7. The van der Waals surface area contributed by atoms with Crippen LogP contribution in [0.2, 0.25) is 0 Å². The number of halogens is 9. The normalized spacial score (nSPS) is 10.6. The van der Waals surface area contributed by atoms with Crippen LogP contribution in [0.4, 0.5) is 17.6 Å². The van der Waals surface area contributed by atoms with E-state index in [4.69, 9.17) is 42.5 Å². The van der Waals surface area contributed by atoms with Gasteiger partial charge in [0.2, 0.25) is 0 Å². The van der Waals surface area contributed by atoms with E-state index < -0.39 is 34.8 Å². The zero-order valence-electron chi connectivity index (χ0n) is 29.8. The Hall–Kier alpha value is -2.67. The highest BCUT2D eigenvalue weighted by molar-refractivity contribution is 14.1. The van der Waals surface area contributed by atoms with E-state index in [0.717, 1.165) is 30.2 Å². The SMILES string of the molecule is C=COCCOCC(=O)c1cc2snnc2c(F)c1Cc1ccc(I)cc1F.Cl.ClCCl.O=C(COCCO)c1cc2snnc2c(F)c1Cc1ccc(I)cc1F. The number of aliphatic hydroxyl groups excluding tert-OH is 1. The molecule has 4 aromatic carbocycles. The van der Waals surface area contributed by atoms with Crippen molar-refractivity contribution in [3.8, 4) is 0 Å². The number of nitrogens with zero attached hydrogens (tertiary/aromatic N) is 4. The van der Waals surface area contributed by atoms with Gasteiger partial charge >= 0.3 is 0 Å². The van der Waals surface area contributed by atoms with E-state index in [-0.39, 0.29) is 115 Å². The van der Waals surface area contributed by atoms with Gasteiger partial charge in [-0.15, -0.1) is 45.8 Å². The third-order valence-corrected chi connectivity index (χ3v) is 10.4. The Labute approximate surface area is 381 Å². The number of benzene rings is 4. The van der Waals surface area contributed by atoms with Gasteiger partial charge in [-0.25, -0.2) is 17.6 Å². The van der Waals surface area contributed by atoms with Crippen LogP contribution in [0.1, 0.15) is 43.0 Å². The maximum atomic E-state index is 15.1. The van der Waals surface area contributed by atoms with E-state index in [1.165, 1.54) is 30.5 Å². The topological polar surface area (TPSA) is 134 Å². The van der Waals surface area contributed by atoms with E-state index in [0.29, 0.717) is 9.40 Å². The number of alkyl halides is 2. The molecule has 10 nitrogen and oxygen atoms in total. The molecule has 0 bridgehead atoms. The number of carbonyl (C=O) groups excluding carboxylic acids is 2. The summed E-state index contributed by atoms with van der Waals surface area (Å²) >= 11 is 15.5. The second kappa shape index (κ2) is 25.2. The predicted molar refractivity (Wildman–Crippen MR) is 236 cm³/mol. The fourth-order valence-electron chi connectivity index (χ4n) is 5.14. The minimum Gasteiger partial charge on any atom is -0.499 e. The van der Waals surface area contributed by atoms with Crippen LogP contribution in [-0.2, 0) is 27.1 Å². The van der Waals surface area contributed by atoms with Crippen molar-refractivity contribution >= 4 is 136 Å². The second-order valence-corrected chi connectivity index (χ2v) is 16.2. The summed E-state index contributed by atoms with van der Waals surface area (Å²) in [5.74, 6) is -3.13. The highest BCUT2D eigenvalue weighted by Crippen LogP contribution is 2.30. The maximum Gasteiger partial charge on any atom is 0.188 e. The second-order valence-electron chi connectivity index (χ2n) is 11.3. The molecule has 2 aromatic heterocycles. The fraction of sp³-hybridized carbons (Fsp3) is 0.243. The summed E-state index contributed by atoms with van der Waals surface area (Å²) in [6.45, 7) is 3.07. The third kappa shape index (κ3) is 13.7. The van der Waals surface area contributed by atoms with Crippen LogP contribution in [0.3, 0.4) is 0 Å². The Bertz CT molecular complexity index is 2340. The molecular weight excluding hydrogens is 1100 g/mol. The number of carbonyl (C=O) groups is 2. The molecule has 0 aliphatic carbocycles. The standard InChI is InChI=1S/C19H15F2IN2O3S.C17H13F2IN2O3S.CH2Cl2.ClH/c1-2-26-5-6-27-10-16(25)13-9-17-19(23-24-28-17)18(21)14(13)7-11-3-4-12(22)8-15(11)20;18-13-6-10(20)2-1-9(13)5-12-11(14(24)8-25-4-3-23)7-15-17(16(12)19)21-22-26-15;2-1-3;/h2-4,8-9H,1,5-7,10H2;1-2,6-7,23H,3-5,8H2;1H2;1H. The van der Waals surface area contributed by atoms with Crippen LogP contribution in [-0.4, -0.2) is 80.8 Å². The summed E-state index contributed by atoms with van der Waals surface area (Å²) in [6.07, 6.45) is 1.10. The summed E-state index contributed by atoms with van der Waals surface area (Å²) < 4.78 is 83.6. The number of rotatable bonds is 16. The number of aromatic nitrogens is 4. The summed E-state index contributed by atoms with van der Waals surface area (Å²) in [6, 6.07) is 12.3. The van der Waals surface area contributed by atoms with Crippen LogP contribution in [0.15, 0.2) is 61.4 Å². The summed E-state index contributed by atoms with van der Waals surface area (Å²) in [5.41, 5.74) is 1.08. The fourth-order valence-corrected chi connectivity index (χ4v) is 7.24. The number of fused-ring (bicyclic) bond motifs is 2. The lowest BCUT2D eigenvalue weighted by Crippen LogP contribution is -2.15. The van der Waals surface area contributed by atoms with E-state index >= 15 is 4.39 Å². The van der Waals surface area contributed by atoms with Crippen LogP contribution in [0.25, 0.3) is 20.4 Å². The van der Waals surface area contributed by atoms with Crippen molar-refractivity contribution in [2.75, 3.05) is 45.0 Å². The van der Waals surface area contributed by atoms with Crippen molar-refractivity contribution in [1.82, 2.24) is 19.2 Å². The largest absolute Gasteiger partial charge is 0.499 e. The first-order valence-electron chi connectivity index (χ1n) is 16.4. The lowest BCUT2D eigenvalue weighted by molar-refractivity contribution is 0.0637. The Morgan fingerprint density at radius 1 is 0.741 bits per heavy atom. The summed E-state index contributed by atoms with van der Waals surface area (Å²) in [5, 5.41) is 16.5. The molecule has 6 aromatic rings. The van der Waals surface area contributed by atoms with E-state index in [1.807, 2.05) is 45.2 Å². The number of hydrogen-bond donors (Lipinski definition) is 1. The molecule has 0 saturated heterocycles. The van der Waals surface area contributed by atoms with E-state index in [9.17, 15) is 22.8 Å². The molecule has 2 heterocycles. The average molecular weight is 1130 g/mol. The van der Waals surface area contributed by atoms with Gasteiger partial charge < -0.3 is 19.3 Å². The van der Waals surface area contributed by atoms with Gasteiger partial charge in [-0.2, -0.15) is 0 Å². The van der Waals surface area contributed by atoms with Crippen LogP contribution in [0.5, 0.6) is 0 Å². The minimum absolute atomic E-state index is 0. The summed E-state index contributed by atoms with van der Waals surface area (Å²) in [7, 11) is 0. The minimum atomic E-state index is -0.681. The molecule has 1 N–H and O–H groups in total. The zero-order chi connectivity index (χ0) is 41.5. The number of Topliss-reactive ketones (excluding diaryl/α,β-unsaturated/α-hetero) is 2. The zero-order valence-corrected chi connectivity index (χ0v) is 38.1. The Morgan fingerprint density at radius 3 is 1.57 bits per heavy atom. The van der Waals surface area contributed by atoms with Crippen LogP contribution in [0, 0.1) is 30.4 Å². The van der Waals surface area contributed by atoms with Crippen molar-refractivity contribution in [3.05, 3.63) is 125 Å². The molecule has 310 valence electrons. The molecule has 21 heteroatoms. The molecule has 0 atom stereocenters. The molecule has 0 aliphatic rings. The highest BCUT2D eigenvalue weighted by Gasteiger charge is 2.24. The average Bonchev–Trinajstić information content (AvgIpc) is 3.86. The number of ketones is 2. The van der Waals surface area contributed by atoms with Gasteiger partial charge in [0.25, 0.3) is 0 Å². The number of hydrogen-bond acceptors (Lipinski definition) is 12. The van der Waals surface area contributed by atoms with Gasteiger partial charge in [-0.05, 0) is 116 Å². The Kier molecular flexibility index (Phi) is 21.6. The molecule has 0 fully saturated rings. The van der Waals surface area contributed by atoms with Crippen molar-refractivity contribution in [1.29, 1.82) is 0 Å². The number of aliphatic hydroxyl groups is 1. The molecule has 58 heavy (non-hydrogen) atoms. The molecule has 0 unspecified atom stereocenters. The van der Waals surface area contributed by atoms with Gasteiger partial charge in [0, 0.05) is 42.2 Å². The lowest BCUT2D eigenvalue weighted by Gasteiger charge is -2.12. The van der Waals surface area contributed by atoms with Gasteiger partial charge in [-0.1, -0.05) is 27.7 Å². The van der Waals surface area contributed by atoms with Gasteiger partial charge in [0.05, 0.1) is 40.8 Å². The molecule has 0 spiro atoms. The Morgan fingerprint density at radius 2 is 1.17 bits per heavy atom. The third-order valence-electron chi connectivity index (χ3n) is 7.70. The molecule has 0 radical (unpaired) electrons. The first-order valence-corrected chi connectivity index (χ1v) is 21.1.